The third-order valence-electron chi connectivity index (χ3n) is 5.34. The van der Waals surface area contributed by atoms with Crippen LogP contribution in [0.3, 0.4) is 0 Å². The van der Waals surface area contributed by atoms with Gasteiger partial charge in [-0.2, -0.15) is 0 Å². The molecule has 1 amide bonds. The van der Waals surface area contributed by atoms with Crippen LogP contribution in [0.1, 0.15) is 55.6 Å². The number of nitrogens with one attached hydrogen (secondary N) is 2. The van der Waals surface area contributed by atoms with E-state index in [-0.39, 0.29) is 34.0 Å². The highest BCUT2D eigenvalue weighted by molar-refractivity contribution is 6.11. The van der Waals surface area contributed by atoms with Crippen molar-refractivity contribution >= 4 is 22.6 Å². The number of H-pyrrole nitrogens is 1. The number of aromatic nitrogens is 4. The minimum atomic E-state index is -0.640. The first-order valence-electron chi connectivity index (χ1n) is 10.5. The molecule has 1 saturated carbocycles. The van der Waals surface area contributed by atoms with Crippen molar-refractivity contribution in [3.8, 4) is 0 Å². The summed E-state index contributed by atoms with van der Waals surface area (Å²) in [5.74, 6) is -0.124. The number of carbonyl (C=O) groups is 1. The van der Waals surface area contributed by atoms with Crippen LogP contribution in [0, 0.1) is 5.92 Å². The van der Waals surface area contributed by atoms with E-state index in [1.807, 2.05) is 20.8 Å². The van der Waals surface area contributed by atoms with Gasteiger partial charge in [-0.05, 0) is 37.8 Å². The summed E-state index contributed by atoms with van der Waals surface area (Å²) in [6.07, 6.45) is 3.47. The second kappa shape index (κ2) is 7.98. The van der Waals surface area contributed by atoms with Gasteiger partial charge in [0.05, 0.1) is 16.6 Å². The summed E-state index contributed by atoms with van der Waals surface area (Å²) in [7, 11) is 0. The normalized spacial score (nSPS) is 13.7. The fourth-order valence-corrected chi connectivity index (χ4v) is 3.65. The molecule has 1 aliphatic carbocycles. The van der Waals surface area contributed by atoms with Gasteiger partial charge >= 0.3 is 5.69 Å². The zero-order valence-electron chi connectivity index (χ0n) is 17.8. The summed E-state index contributed by atoms with van der Waals surface area (Å²) in [5.41, 5.74) is 0.206. The van der Waals surface area contributed by atoms with Gasteiger partial charge in [-0.15, -0.1) is 0 Å². The van der Waals surface area contributed by atoms with Gasteiger partial charge in [0.1, 0.15) is 0 Å². The quantitative estimate of drug-likeness (QED) is 0.629. The summed E-state index contributed by atoms with van der Waals surface area (Å²) >= 11 is 0. The third-order valence-corrected chi connectivity index (χ3v) is 5.34. The van der Waals surface area contributed by atoms with Crippen LogP contribution in [0.5, 0.6) is 0 Å². The lowest BCUT2D eigenvalue weighted by atomic mass is 10.1. The molecule has 1 fully saturated rings. The average molecular weight is 423 g/mol. The number of pyridine rings is 2. The third kappa shape index (κ3) is 4.08. The van der Waals surface area contributed by atoms with Crippen LogP contribution < -0.4 is 22.1 Å². The smallest absolute Gasteiger partial charge is 0.321 e. The standard InChI is InChI=1S/C22H25N5O4/c1-4-26-11-14(7-8-17(26)28)23-20(29)15-9-16(13-5-6-13)24-19-18(15)21(30)25-22(31)27(19)10-12(2)3/h7-9,11-13H,4-6,10H2,1-3H3,(H,23,29)(H,25,30,31). The van der Waals surface area contributed by atoms with E-state index in [9.17, 15) is 19.2 Å². The monoisotopic (exact) mass is 423 g/mol. The highest BCUT2D eigenvalue weighted by atomic mass is 16.2. The topological polar surface area (TPSA) is 119 Å². The number of aromatic amines is 1. The Bertz CT molecular complexity index is 1340. The Morgan fingerprint density at radius 2 is 2.00 bits per heavy atom. The summed E-state index contributed by atoms with van der Waals surface area (Å²) in [5, 5.41) is 2.86. The maximum absolute atomic E-state index is 13.2. The fourth-order valence-electron chi connectivity index (χ4n) is 3.65. The van der Waals surface area contributed by atoms with Gasteiger partial charge in [0.25, 0.3) is 17.0 Å². The molecular formula is C22H25N5O4. The molecule has 0 saturated heterocycles. The van der Waals surface area contributed by atoms with Crippen LogP contribution >= 0.6 is 0 Å². The first-order chi connectivity index (χ1) is 14.8. The second-order valence-corrected chi connectivity index (χ2v) is 8.33. The maximum atomic E-state index is 13.2. The SMILES string of the molecule is CCn1cc(NC(=O)c2cc(C3CC3)nc3c2c(=O)[nH]c(=O)n3CC(C)C)ccc1=O. The van der Waals surface area contributed by atoms with Crippen molar-refractivity contribution in [3.63, 3.8) is 0 Å². The number of nitrogens with zero attached hydrogens (tertiary/aromatic N) is 3. The Kier molecular flexibility index (Phi) is 5.34. The van der Waals surface area contributed by atoms with Crippen molar-refractivity contribution < 1.29 is 4.79 Å². The molecule has 3 aromatic heterocycles. The number of fused-ring (bicyclic) bond motifs is 1. The van der Waals surface area contributed by atoms with E-state index in [1.54, 1.807) is 12.3 Å². The van der Waals surface area contributed by atoms with Crippen molar-refractivity contribution in [2.24, 2.45) is 5.92 Å². The number of anilines is 1. The molecule has 0 unspecified atom stereocenters. The van der Waals surface area contributed by atoms with Gasteiger partial charge in [-0.1, -0.05) is 13.8 Å². The zero-order chi connectivity index (χ0) is 22.3. The molecule has 3 aromatic rings. The summed E-state index contributed by atoms with van der Waals surface area (Å²) in [4.78, 5) is 57.2. The molecule has 3 heterocycles. The Morgan fingerprint density at radius 1 is 1.26 bits per heavy atom. The lowest BCUT2D eigenvalue weighted by molar-refractivity contribution is 0.102. The molecule has 0 spiro atoms. The minimum Gasteiger partial charge on any atom is -0.321 e. The van der Waals surface area contributed by atoms with E-state index in [0.29, 0.717) is 24.5 Å². The van der Waals surface area contributed by atoms with E-state index >= 15 is 0 Å². The van der Waals surface area contributed by atoms with Crippen LogP contribution in [0.15, 0.2) is 38.8 Å². The van der Waals surface area contributed by atoms with E-state index in [4.69, 9.17) is 0 Å². The largest absolute Gasteiger partial charge is 0.330 e. The lowest BCUT2D eigenvalue weighted by Crippen LogP contribution is -2.33. The van der Waals surface area contributed by atoms with Crippen molar-refractivity contribution in [3.05, 3.63) is 66.8 Å². The first-order valence-corrected chi connectivity index (χ1v) is 10.5. The molecule has 162 valence electrons. The van der Waals surface area contributed by atoms with Crippen molar-refractivity contribution in [2.45, 2.75) is 52.6 Å². The van der Waals surface area contributed by atoms with Gasteiger partial charge in [0.15, 0.2) is 5.65 Å². The number of hydrogen-bond donors (Lipinski definition) is 2. The molecule has 0 radical (unpaired) electrons. The number of amides is 1. The van der Waals surface area contributed by atoms with Crippen LogP contribution in [0.4, 0.5) is 5.69 Å². The van der Waals surface area contributed by atoms with Crippen molar-refractivity contribution in [1.82, 2.24) is 19.1 Å². The number of rotatable bonds is 6. The van der Waals surface area contributed by atoms with Crippen LogP contribution in [0.2, 0.25) is 0 Å². The minimum absolute atomic E-state index is 0.0889. The molecule has 9 nitrogen and oxygen atoms in total. The molecule has 1 aliphatic rings. The zero-order valence-corrected chi connectivity index (χ0v) is 17.8. The Morgan fingerprint density at radius 3 is 2.65 bits per heavy atom. The number of carbonyl (C=O) groups excluding carboxylic acids is 1. The predicted octanol–water partition coefficient (Wildman–Crippen LogP) is 2.05. The maximum Gasteiger partial charge on any atom is 0.330 e. The molecule has 9 heteroatoms. The molecule has 0 atom stereocenters. The average Bonchev–Trinajstić information content (AvgIpc) is 3.56. The summed E-state index contributed by atoms with van der Waals surface area (Å²) < 4.78 is 2.91. The van der Waals surface area contributed by atoms with Crippen LogP contribution in [-0.2, 0) is 13.1 Å². The van der Waals surface area contributed by atoms with E-state index < -0.39 is 17.2 Å². The molecular weight excluding hydrogens is 398 g/mol. The van der Waals surface area contributed by atoms with E-state index in [1.165, 1.54) is 21.3 Å². The highest BCUT2D eigenvalue weighted by Gasteiger charge is 2.29. The van der Waals surface area contributed by atoms with Crippen LogP contribution in [0.25, 0.3) is 11.0 Å². The van der Waals surface area contributed by atoms with Gasteiger partial charge in [-0.3, -0.25) is 23.9 Å². The van der Waals surface area contributed by atoms with Gasteiger partial charge < -0.3 is 9.88 Å². The summed E-state index contributed by atoms with van der Waals surface area (Å²) in [6.45, 7) is 6.59. The van der Waals surface area contributed by atoms with Gasteiger partial charge in [-0.25, -0.2) is 9.78 Å². The van der Waals surface area contributed by atoms with Gasteiger partial charge in [0, 0.05) is 37.0 Å². The molecule has 2 N–H and O–H groups in total. The first kappa shape index (κ1) is 20.8. The van der Waals surface area contributed by atoms with Crippen molar-refractivity contribution in [1.29, 1.82) is 0 Å². The fraction of sp³-hybridized carbons (Fsp3) is 0.409. The van der Waals surface area contributed by atoms with Crippen molar-refractivity contribution in [2.75, 3.05) is 5.32 Å². The van der Waals surface area contributed by atoms with Gasteiger partial charge in [0.2, 0.25) is 0 Å². The summed E-state index contributed by atoms with van der Waals surface area (Å²) in [6, 6.07) is 4.55. The van der Waals surface area contributed by atoms with E-state index in [2.05, 4.69) is 15.3 Å². The Balaban J connectivity index is 1.88. The molecule has 0 aliphatic heterocycles. The Labute approximate surface area is 177 Å². The molecule has 0 bridgehead atoms. The molecule has 4 rings (SSSR count). The number of hydrogen-bond acceptors (Lipinski definition) is 5. The molecule has 31 heavy (non-hydrogen) atoms. The predicted molar refractivity (Wildman–Crippen MR) is 118 cm³/mol. The highest BCUT2D eigenvalue weighted by Crippen LogP contribution is 2.40. The lowest BCUT2D eigenvalue weighted by Gasteiger charge is -2.15. The Hall–Kier alpha value is -3.49. The second-order valence-electron chi connectivity index (χ2n) is 8.33. The van der Waals surface area contributed by atoms with E-state index in [0.717, 1.165) is 12.8 Å². The van der Waals surface area contributed by atoms with Crippen LogP contribution in [-0.4, -0.2) is 25.0 Å². The molecule has 0 aromatic carbocycles. The number of aryl methyl sites for hydroxylation is 1.